The Hall–Kier alpha value is -0.910. The van der Waals surface area contributed by atoms with Crippen LogP contribution in [0.5, 0.6) is 11.5 Å². The number of methoxy groups -OCH3 is 2. The van der Waals surface area contributed by atoms with Gasteiger partial charge >= 0.3 is 0 Å². The van der Waals surface area contributed by atoms with E-state index in [-0.39, 0.29) is 6.61 Å². The summed E-state index contributed by atoms with van der Waals surface area (Å²) in [6, 6.07) is 4.03. The molecule has 2 N–H and O–H groups in total. The van der Waals surface area contributed by atoms with Crippen LogP contribution in [-0.2, 0) is 6.54 Å². The fourth-order valence-electron chi connectivity index (χ4n) is 1.82. The molecule has 19 heavy (non-hydrogen) atoms. The van der Waals surface area contributed by atoms with E-state index in [1.165, 1.54) is 10.5 Å². The summed E-state index contributed by atoms with van der Waals surface area (Å²) in [4.78, 5) is 1.19. The molecular weight excluding hydrogens is 262 g/mol. The lowest BCUT2D eigenvalue weighted by atomic mass is 10.2. The number of rotatable bonds is 9. The highest BCUT2D eigenvalue weighted by molar-refractivity contribution is 7.98. The van der Waals surface area contributed by atoms with E-state index in [1.807, 2.05) is 12.1 Å². The molecule has 0 atom stereocenters. The van der Waals surface area contributed by atoms with Gasteiger partial charge in [0.25, 0.3) is 0 Å². The molecule has 0 heterocycles. The predicted octanol–water partition coefficient (Wildman–Crippen LogP) is 2.29. The molecule has 0 aliphatic heterocycles. The van der Waals surface area contributed by atoms with Crippen molar-refractivity contribution >= 4 is 11.8 Å². The van der Waals surface area contributed by atoms with Gasteiger partial charge in [0.15, 0.2) is 11.5 Å². The number of aliphatic hydroxyl groups is 1. The minimum Gasteiger partial charge on any atom is -0.493 e. The fraction of sp³-hybridized carbons (Fsp3) is 0.571. The number of nitrogens with one attached hydrogen (secondary N) is 1. The van der Waals surface area contributed by atoms with Gasteiger partial charge in [-0.15, -0.1) is 11.8 Å². The van der Waals surface area contributed by atoms with Crippen LogP contribution in [0.1, 0.15) is 18.4 Å². The molecule has 0 spiro atoms. The van der Waals surface area contributed by atoms with E-state index in [1.54, 1.807) is 26.0 Å². The van der Waals surface area contributed by atoms with Crippen molar-refractivity contribution in [3.8, 4) is 11.5 Å². The van der Waals surface area contributed by atoms with Crippen LogP contribution in [0.25, 0.3) is 0 Å². The largest absolute Gasteiger partial charge is 0.493 e. The fourth-order valence-corrected chi connectivity index (χ4v) is 2.43. The Morgan fingerprint density at radius 3 is 2.42 bits per heavy atom. The molecule has 0 saturated heterocycles. The molecule has 4 nitrogen and oxygen atoms in total. The zero-order valence-corrected chi connectivity index (χ0v) is 12.7. The molecule has 1 aromatic carbocycles. The number of aliphatic hydroxyl groups excluding tert-OH is 1. The normalized spacial score (nSPS) is 10.5. The number of hydrogen-bond acceptors (Lipinski definition) is 5. The maximum Gasteiger partial charge on any atom is 0.161 e. The van der Waals surface area contributed by atoms with Crippen LogP contribution >= 0.6 is 11.8 Å². The zero-order chi connectivity index (χ0) is 14.1. The van der Waals surface area contributed by atoms with Crippen LogP contribution in [0.3, 0.4) is 0 Å². The minimum atomic E-state index is 0.258. The maximum absolute atomic E-state index is 8.73. The molecule has 5 heteroatoms. The first-order valence-corrected chi connectivity index (χ1v) is 7.59. The van der Waals surface area contributed by atoms with Gasteiger partial charge in [-0.2, -0.15) is 0 Å². The summed E-state index contributed by atoms with van der Waals surface area (Å²) < 4.78 is 10.6. The van der Waals surface area contributed by atoms with Crippen molar-refractivity contribution in [2.24, 2.45) is 0 Å². The van der Waals surface area contributed by atoms with Crippen LogP contribution in [-0.4, -0.2) is 38.7 Å². The van der Waals surface area contributed by atoms with E-state index in [2.05, 4.69) is 11.6 Å². The molecule has 1 rings (SSSR count). The summed E-state index contributed by atoms with van der Waals surface area (Å²) in [7, 11) is 3.30. The monoisotopic (exact) mass is 285 g/mol. The summed E-state index contributed by atoms with van der Waals surface area (Å²) in [5.41, 5.74) is 1.20. The van der Waals surface area contributed by atoms with Crippen molar-refractivity contribution < 1.29 is 14.6 Å². The van der Waals surface area contributed by atoms with Crippen molar-refractivity contribution in [2.45, 2.75) is 24.3 Å². The minimum absolute atomic E-state index is 0.258. The molecule has 0 radical (unpaired) electrons. The van der Waals surface area contributed by atoms with E-state index < -0.39 is 0 Å². The Kier molecular flexibility index (Phi) is 7.70. The van der Waals surface area contributed by atoms with Crippen LogP contribution < -0.4 is 14.8 Å². The number of ether oxygens (including phenoxy) is 2. The van der Waals surface area contributed by atoms with E-state index in [4.69, 9.17) is 14.6 Å². The van der Waals surface area contributed by atoms with Gasteiger partial charge in [-0.3, -0.25) is 0 Å². The molecule has 0 amide bonds. The van der Waals surface area contributed by atoms with Gasteiger partial charge in [-0.25, -0.2) is 0 Å². The summed E-state index contributed by atoms with van der Waals surface area (Å²) in [6.07, 6.45) is 3.88. The lowest BCUT2D eigenvalue weighted by Gasteiger charge is -2.14. The highest BCUT2D eigenvalue weighted by Crippen LogP contribution is 2.34. The zero-order valence-electron chi connectivity index (χ0n) is 11.9. The first-order valence-electron chi connectivity index (χ1n) is 6.37. The second-order valence-electron chi connectivity index (χ2n) is 4.13. The van der Waals surface area contributed by atoms with Gasteiger partial charge < -0.3 is 19.9 Å². The maximum atomic E-state index is 8.73. The molecule has 0 bridgehead atoms. The van der Waals surface area contributed by atoms with E-state index >= 15 is 0 Å². The molecule has 0 unspecified atom stereocenters. The predicted molar refractivity (Wildman–Crippen MR) is 79.4 cm³/mol. The number of thioether (sulfide) groups is 1. The van der Waals surface area contributed by atoms with Gasteiger partial charge in [0.05, 0.1) is 14.2 Å². The summed E-state index contributed by atoms with van der Waals surface area (Å²) >= 11 is 1.70. The second kappa shape index (κ2) is 9.07. The van der Waals surface area contributed by atoms with Crippen LogP contribution in [0.2, 0.25) is 0 Å². The van der Waals surface area contributed by atoms with E-state index in [0.717, 1.165) is 37.4 Å². The first kappa shape index (κ1) is 16.1. The van der Waals surface area contributed by atoms with Crippen molar-refractivity contribution in [1.82, 2.24) is 5.32 Å². The average Bonchev–Trinajstić information content (AvgIpc) is 2.46. The van der Waals surface area contributed by atoms with Crippen molar-refractivity contribution in [1.29, 1.82) is 0 Å². The molecule has 1 aromatic rings. The Labute approximate surface area is 119 Å². The van der Waals surface area contributed by atoms with Gasteiger partial charge in [0.1, 0.15) is 0 Å². The topological polar surface area (TPSA) is 50.7 Å². The summed E-state index contributed by atoms with van der Waals surface area (Å²) in [6.45, 7) is 1.96. The number of hydrogen-bond donors (Lipinski definition) is 2. The molecule has 0 aliphatic carbocycles. The third kappa shape index (κ3) is 4.93. The molecular formula is C14H23NO3S. The Morgan fingerprint density at radius 1 is 1.16 bits per heavy atom. The van der Waals surface area contributed by atoms with Crippen molar-refractivity contribution in [3.05, 3.63) is 17.7 Å². The Balaban J connectivity index is 2.70. The SMILES string of the molecule is COc1cc(CNCCCCO)c(SC)cc1OC. The Morgan fingerprint density at radius 2 is 1.84 bits per heavy atom. The van der Waals surface area contributed by atoms with Gasteiger partial charge in [-0.05, 0) is 43.3 Å². The third-order valence-electron chi connectivity index (χ3n) is 2.86. The first-order chi connectivity index (χ1) is 9.26. The number of unbranched alkanes of at least 4 members (excludes halogenated alkanes) is 1. The summed E-state index contributed by atoms with van der Waals surface area (Å²) in [5, 5.41) is 12.1. The molecule has 108 valence electrons. The highest BCUT2D eigenvalue weighted by Gasteiger charge is 2.10. The van der Waals surface area contributed by atoms with Gasteiger partial charge in [0, 0.05) is 18.0 Å². The highest BCUT2D eigenvalue weighted by atomic mass is 32.2. The smallest absolute Gasteiger partial charge is 0.161 e. The number of benzene rings is 1. The standard InChI is InChI=1S/C14H23NO3S/c1-17-12-8-11(10-15-6-4-5-7-16)14(19-3)9-13(12)18-2/h8-9,15-16H,4-7,10H2,1-3H3. The lowest BCUT2D eigenvalue weighted by molar-refractivity contribution is 0.283. The van der Waals surface area contributed by atoms with Gasteiger partial charge in [-0.1, -0.05) is 0 Å². The van der Waals surface area contributed by atoms with Gasteiger partial charge in [0.2, 0.25) is 0 Å². The average molecular weight is 285 g/mol. The summed E-state index contributed by atoms with van der Waals surface area (Å²) in [5.74, 6) is 1.52. The van der Waals surface area contributed by atoms with E-state index in [9.17, 15) is 0 Å². The van der Waals surface area contributed by atoms with Crippen molar-refractivity contribution in [3.63, 3.8) is 0 Å². The Bertz CT molecular complexity index is 385. The van der Waals surface area contributed by atoms with Crippen molar-refractivity contribution in [2.75, 3.05) is 33.6 Å². The molecule has 0 aromatic heterocycles. The molecule has 0 fully saturated rings. The third-order valence-corrected chi connectivity index (χ3v) is 3.68. The quantitative estimate of drug-likeness (QED) is 0.538. The lowest BCUT2D eigenvalue weighted by Crippen LogP contribution is -2.15. The molecule has 0 saturated carbocycles. The molecule has 0 aliphatic rings. The van der Waals surface area contributed by atoms with Crippen LogP contribution in [0.15, 0.2) is 17.0 Å². The van der Waals surface area contributed by atoms with E-state index in [0.29, 0.717) is 0 Å². The van der Waals surface area contributed by atoms with Crippen LogP contribution in [0, 0.1) is 0 Å². The van der Waals surface area contributed by atoms with Crippen LogP contribution in [0.4, 0.5) is 0 Å². The second-order valence-corrected chi connectivity index (χ2v) is 4.97.